The Hall–Kier alpha value is -1.84. The molecule has 0 aliphatic carbocycles. The van der Waals surface area contributed by atoms with Gasteiger partial charge in [0.15, 0.2) is 0 Å². The first-order valence-corrected chi connectivity index (χ1v) is 5.18. The fourth-order valence-corrected chi connectivity index (χ4v) is 0.755. The number of benzene rings is 1. The van der Waals surface area contributed by atoms with Gasteiger partial charge in [0, 0.05) is 0 Å². The molecule has 0 saturated carbocycles. The van der Waals surface area contributed by atoms with Crippen molar-refractivity contribution >= 4 is 11.9 Å². The molecule has 0 saturated heterocycles. The van der Waals surface area contributed by atoms with Crippen LogP contribution in [-0.2, 0) is 0 Å². The van der Waals surface area contributed by atoms with Gasteiger partial charge in [0.05, 0.1) is 11.1 Å². The largest absolute Gasteiger partial charge is 0.478 e. The SMILES string of the molecule is CC.CC.O=C(O)c1ccc(C(=O)O)cc1. The van der Waals surface area contributed by atoms with Crippen LogP contribution in [0.2, 0.25) is 0 Å². The summed E-state index contributed by atoms with van der Waals surface area (Å²) in [5, 5.41) is 16.9. The van der Waals surface area contributed by atoms with Gasteiger partial charge < -0.3 is 10.2 Å². The van der Waals surface area contributed by atoms with Gasteiger partial charge in [0.2, 0.25) is 0 Å². The molecular formula is C12H18O4. The third-order valence-electron chi connectivity index (χ3n) is 1.38. The van der Waals surface area contributed by atoms with E-state index in [4.69, 9.17) is 10.2 Å². The molecule has 0 radical (unpaired) electrons. The second-order valence-electron chi connectivity index (χ2n) is 2.19. The van der Waals surface area contributed by atoms with Gasteiger partial charge >= 0.3 is 11.9 Å². The van der Waals surface area contributed by atoms with Crippen LogP contribution in [0.4, 0.5) is 0 Å². The van der Waals surface area contributed by atoms with Crippen LogP contribution >= 0.6 is 0 Å². The first-order valence-electron chi connectivity index (χ1n) is 5.18. The van der Waals surface area contributed by atoms with Crippen LogP contribution in [0.1, 0.15) is 48.4 Å². The molecule has 0 bridgehead atoms. The molecule has 1 rings (SSSR count). The van der Waals surface area contributed by atoms with E-state index in [-0.39, 0.29) is 11.1 Å². The van der Waals surface area contributed by atoms with Crippen LogP contribution in [0.5, 0.6) is 0 Å². The lowest BCUT2D eigenvalue weighted by Gasteiger charge is -1.94. The second-order valence-corrected chi connectivity index (χ2v) is 2.19. The maximum Gasteiger partial charge on any atom is 0.335 e. The van der Waals surface area contributed by atoms with Crippen molar-refractivity contribution in [2.75, 3.05) is 0 Å². The van der Waals surface area contributed by atoms with Gasteiger partial charge in [-0.1, -0.05) is 27.7 Å². The van der Waals surface area contributed by atoms with Gasteiger partial charge in [0.25, 0.3) is 0 Å². The van der Waals surface area contributed by atoms with E-state index in [1.54, 1.807) is 0 Å². The predicted molar refractivity (Wildman–Crippen MR) is 63.1 cm³/mol. The van der Waals surface area contributed by atoms with Gasteiger partial charge in [0.1, 0.15) is 0 Å². The Morgan fingerprint density at radius 1 is 0.750 bits per heavy atom. The van der Waals surface area contributed by atoms with Crippen LogP contribution < -0.4 is 0 Å². The van der Waals surface area contributed by atoms with E-state index in [1.807, 2.05) is 27.7 Å². The van der Waals surface area contributed by atoms with Crippen molar-refractivity contribution < 1.29 is 19.8 Å². The van der Waals surface area contributed by atoms with Gasteiger partial charge in [-0.25, -0.2) is 9.59 Å². The summed E-state index contributed by atoms with van der Waals surface area (Å²) in [5.41, 5.74) is 0.167. The molecule has 4 heteroatoms. The zero-order valence-corrected chi connectivity index (χ0v) is 10.0. The number of hydrogen-bond donors (Lipinski definition) is 2. The summed E-state index contributed by atoms with van der Waals surface area (Å²) in [7, 11) is 0. The summed E-state index contributed by atoms with van der Waals surface area (Å²) in [6, 6.07) is 5.02. The molecule has 0 aromatic heterocycles. The van der Waals surface area contributed by atoms with Gasteiger partial charge in [-0.15, -0.1) is 0 Å². The normalized spacial score (nSPS) is 7.75. The first kappa shape index (κ1) is 16.6. The molecule has 0 amide bonds. The van der Waals surface area contributed by atoms with E-state index < -0.39 is 11.9 Å². The Morgan fingerprint density at radius 2 is 0.938 bits per heavy atom. The Labute approximate surface area is 95.5 Å². The number of carbonyl (C=O) groups is 2. The molecule has 4 nitrogen and oxygen atoms in total. The van der Waals surface area contributed by atoms with E-state index in [0.717, 1.165) is 0 Å². The van der Waals surface area contributed by atoms with Crippen molar-refractivity contribution in [2.24, 2.45) is 0 Å². The highest BCUT2D eigenvalue weighted by Gasteiger charge is 2.04. The predicted octanol–water partition coefficient (Wildman–Crippen LogP) is 3.14. The van der Waals surface area contributed by atoms with Crippen LogP contribution in [0, 0.1) is 0 Å². The number of rotatable bonds is 2. The lowest BCUT2D eigenvalue weighted by Crippen LogP contribution is -1.99. The fourth-order valence-electron chi connectivity index (χ4n) is 0.755. The topological polar surface area (TPSA) is 74.6 Å². The van der Waals surface area contributed by atoms with Gasteiger partial charge in [-0.3, -0.25) is 0 Å². The van der Waals surface area contributed by atoms with Crippen molar-refractivity contribution in [1.82, 2.24) is 0 Å². The second kappa shape index (κ2) is 9.71. The minimum absolute atomic E-state index is 0.0833. The highest BCUT2D eigenvalue weighted by molar-refractivity contribution is 5.91. The molecule has 90 valence electrons. The molecule has 1 aromatic carbocycles. The van der Waals surface area contributed by atoms with Gasteiger partial charge in [-0.05, 0) is 24.3 Å². The van der Waals surface area contributed by atoms with Gasteiger partial charge in [-0.2, -0.15) is 0 Å². The van der Waals surface area contributed by atoms with Crippen molar-refractivity contribution in [3.05, 3.63) is 35.4 Å². The summed E-state index contributed by atoms with van der Waals surface area (Å²) in [4.78, 5) is 20.7. The Kier molecular flexibility index (Phi) is 10.1. The van der Waals surface area contributed by atoms with E-state index in [0.29, 0.717) is 0 Å². The third kappa shape index (κ3) is 5.80. The van der Waals surface area contributed by atoms with Crippen LogP contribution in [0.3, 0.4) is 0 Å². The molecule has 0 unspecified atom stereocenters. The summed E-state index contributed by atoms with van der Waals surface area (Å²) < 4.78 is 0. The Balaban J connectivity index is 0. The molecule has 2 N–H and O–H groups in total. The number of carboxylic acid groups (broad SMARTS) is 2. The zero-order valence-electron chi connectivity index (χ0n) is 10.0. The monoisotopic (exact) mass is 226 g/mol. The summed E-state index contributed by atoms with van der Waals surface area (Å²) in [6.07, 6.45) is 0. The van der Waals surface area contributed by atoms with Crippen LogP contribution in [0.15, 0.2) is 24.3 Å². The molecule has 0 spiro atoms. The zero-order chi connectivity index (χ0) is 13.1. The minimum atomic E-state index is -1.06. The first-order chi connectivity index (χ1) is 7.61. The molecule has 16 heavy (non-hydrogen) atoms. The molecule has 0 aliphatic rings. The molecular weight excluding hydrogens is 208 g/mol. The fraction of sp³-hybridized carbons (Fsp3) is 0.333. The van der Waals surface area contributed by atoms with E-state index in [2.05, 4.69) is 0 Å². The average Bonchev–Trinajstić information content (AvgIpc) is 2.34. The molecule has 0 heterocycles. The average molecular weight is 226 g/mol. The van der Waals surface area contributed by atoms with E-state index >= 15 is 0 Å². The maximum absolute atomic E-state index is 10.3. The Morgan fingerprint density at radius 3 is 1.06 bits per heavy atom. The van der Waals surface area contributed by atoms with Crippen molar-refractivity contribution in [3.63, 3.8) is 0 Å². The van der Waals surface area contributed by atoms with Crippen LogP contribution in [0.25, 0.3) is 0 Å². The summed E-state index contributed by atoms with van der Waals surface area (Å²) in [5.74, 6) is -2.13. The van der Waals surface area contributed by atoms with Crippen LogP contribution in [-0.4, -0.2) is 22.2 Å². The highest BCUT2D eigenvalue weighted by Crippen LogP contribution is 2.03. The molecule has 0 fully saturated rings. The molecule has 0 atom stereocenters. The quantitative estimate of drug-likeness (QED) is 0.812. The van der Waals surface area contributed by atoms with E-state index in [1.165, 1.54) is 24.3 Å². The third-order valence-corrected chi connectivity index (χ3v) is 1.38. The standard InChI is InChI=1S/C8H6O4.2C2H6/c9-7(10)5-1-2-6(4-3-5)8(11)12;2*1-2/h1-4H,(H,9,10)(H,11,12);2*1-2H3. The lowest BCUT2D eigenvalue weighted by molar-refractivity contribution is 0.0681. The van der Waals surface area contributed by atoms with Crippen molar-refractivity contribution in [2.45, 2.75) is 27.7 Å². The molecule has 1 aromatic rings. The van der Waals surface area contributed by atoms with E-state index in [9.17, 15) is 9.59 Å². The number of aromatic carboxylic acids is 2. The highest BCUT2D eigenvalue weighted by atomic mass is 16.4. The maximum atomic E-state index is 10.3. The number of hydrogen-bond acceptors (Lipinski definition) is 2. The summed E-state index contributed by atoms with van der Waals surface area (Å²) >= 11 is 0. The smallest absolute Gasteiger partial charge is 0.335 e. The molecule has 0 aliphatic heterocycles. The minimum Gasteiger partial charge on any atom is -0.478 e. The lowest BCUT2D eigenvalue weighted by atomic mass is 10.1. The number of carboxylic acids is 2. The Bertz CT molecular complexity index is 281. The van der Waals surface area contributed by atoms with Crippen molar-refractivity contribution in [3.8, 4) is 0 Å². The van der Waals surface area contributed by atoms with Crippen molar-refractivity contribution in [1.29, 1.82) is 0 Å². The summed E-state index contributed by atoms with van der Waals surface area (Å²) in [6.45, 7) is 8.00.